The molecule has 11 heteroatoms. The molecule has 0 atom stereocenters. The van der Waals surface area contributed by atoms with Gasteiger partial charge in [-0.3, -0.25) is 9.59 Å². The minimum Gasteiger partial charge on any atom is -0.469 e. The van der Waals surface area contributed by atoms with Crippen LogP contribution in [0.4, 0.5) is 0 Å². The molecule has 4 aromatic rings. The highest BCUT2D eigenvalue weighted by atomic mass is 35.5. The van der Waals surface area contributed by atoms with Crippen molar-refractivity contribution in [2.24, 2.45) is 0 Å². The standard InChI is InChI=1S/C27H28ClN7O3/c1-38-26(36)7-5-22(29)21(27(37)31-13-23-24-10-19(28)8-9-34(24)16-32-23)12-30-11-20-15-35-14-18(17-2-3-17)4-6-25(35)33-20/h4,6,8-10,12,14-17,29-30H,2-3,5,7,11,13H2,1H3,(H,31,37)/b21-12+,29-22?. The second kappa shape index (κ2) is 11.1. The Bertz CT molecular complexity index is 1550. The van der Waals surface area contributed by atoms with E-state index < -0.39 is 11.9 Å². The zero-order valence-corrected chi connectivity index (χ0v) is 21.7. The molecular weight excluding hydrogens is 506 g/mol. The molecule has 0 spiro atoms. The fraction of sp³-hybridized carbons (Fsp3) is 0.296. The smallest absolute Gasteiger partial charge is 0.305 e. The van der Waals surface area contributed by atoms with Crippen molar-refractivity contribution in [3.63, 3.8) is 0 Å². The van der Waals surface area contributed by atoms with Gasteiger partial charge in [0.2, 0.25) is 0 Å². The lowest BCUT2D eigenvalue weighted by molar-refractivity contribution is -0.140. The van der Waals surface area contributed by atoms with E-state index in [1.54, 1.807) is 24.7 Å². The predicted molar refractivity (Wildman–Crippen MR) is 143 cm³/mol. The van der Waals surface area contributed by atoms with E-state index in [4.69, 9.17) is 17.0 Å². The third-order valence-electron chi connectivity index (χ3n) is 6.48. The SMILES string of the molecule is COC(=O)CCC(=N)/C(=C\NCc1cn2cc(C3CC3)ccc2n1)C(=O)NCc1ncn2ccc(Cl)cc12. The van der Waals surface area contributed by atoms with Gasteiger partial charge >= 0.3 is 5.97 Å². The molecule has 1 aliphatic carbocycles. The quantitative estimate of drug-likeness (QED) is 0.153. The van der Waals surface area contributed by atoms with Gasteiger partial charge in [-0.25, -0.2) is 9.97 Å². The first-order valence-corrected chi connectivity index (χ1v) is 12.7. The van der Waals surface area contributed by atoms with E-state index in [9.17, 15) is 9.59 Å². The van der Waals surface area contributed by atoms with Crippen molar-refractivity contribution in [3.05, 3.63) is 82.9 Å². The monoisotopic (exact) mass is 533 g/mol. The number of methoxy groups -OCH3 is 1. The van der Waals surface area contributed by atoms with Crippen LogP contribution < -0.4 is 10.6 Å². The van der Waals surface area contributed by atoms with Gasteiger partial charge in [0.1, 0.15) is 5.65 Å². The van der Waals surface area contributed by atoms with Gasteiger partial charge in [-0.2, -0.15) is 0 Å². The molecule has 0 radical (unpaired) electrons. The number of esters is 1. The number of nitrogens with zero attached hydrogens (tertiary/aromatic N) is 4. The lowest BCUT2D eigenvalue weighted by Gasteiger charge is -2.11. The van der Waals surface area contributed by atoms with E-state index in [1.807, 2.05) is 21.1 Å². The Balaban J connectivity index is 1.28. The summed E-state index contributed by atoms with van der Waals surface area (Å²) in [6.07, 6.45) is 11.5. The van der Waals surface area contributed by atoms with Crippen molar-refractivity contribution < 1.29 is 14.3 Å². The number of halogens is 1. The first kappa shape index (κ1) is 25.5. The summed E-state index contributed by atoms with van der Waals surface area (Å²) < 4.78 is 8.51. The molecule has 5 rings (SSSR count). The third-order valence-corrected chi connectivity index (χ3v) is 6.71. The van der Waals surface area contributed by atoms with E-state index in [1.165, 1.54) is 31.7 Å². The molecule has 38 heavy (non-hydrogen) atoms. The van der Waals surface area contributed by atoms with Gasteiger partial charge in [0, 0.05) is 41.9 Å². The zero-order chi connectivity index (χ0) is 26.6. The van der Waals surface area contributed by atoms with Crippen LogP contribution in [0, 0.1) is 5.41 Å². The summed E-state index contributed by atoms with van der Waals surface area (Å²) in [5.74, 6) is -0.251. The number of amides is 1. The van der Waals surface area contributed by atoms with Gasteiger partial charge in [-0.05, 0) is 42.5 Å². The van der Waals surface area contributed by atoms with Crippen molar-refractivity contribution in [2.75, 3.05) is 7.11 Å². The molecule has 1 aliphatic rings. The summed E-state index contributed by atoms with van der Waals surface area (Å²) in [5, 5.41) is 15.0. The minimum atomic E-state index is -0.459. The molecule has 4 heterocycles. The lowest BCUT2D eigenvalue weighted by Crippen LogP contribution is -2.29. The highest BCUT2D eigenvalue weighted by molar-refractivity contribution is 6.30. The predicted octanol–water partition coefficient (Wildman–Crippen LogP) is 3.78. The van der Waals surface area contributed by atoms with Crippen molar-refractivity contribution in [1.29, 1.82) is 5.41 Å². The molecule has 0 bridgehead atoms. The van der Waals surface area contributed by atoms with Gasteiger partial charge in [-0.15, -0.1) is 0 Å². The molecular formula is C27H28ClN7O3. The van der Waals surface area contributed by atoms with E-state index in [2.05, 4.69) is 37.6 Å². The van der Waals surface area contributed by atoms with Crippen molar-refractivity contribution in [1.82, 2.24) is 29.4 Å². The number of nitrogens with one attached hydrogen (secondary N) is 3. The van der Waals surface area contributed by atoms with Crippen LogP contribution >= 0.6 is 11.6 Å². The van der Waals surface area contributed by atoms with Gasteiger partial charge in [-0.1, -0.05) is 17.7 Å². The Hall–Kier alpha value is -4.18. The van der Waals surface area contributed by atoms with Crippen molar-refractivity contribution >= 4 is 40.4 Å². The summed E-state index contributed by atoms with van der Waals surface area (Å²) in [7, 11) is 1.29. The van der Waals surface area contributed by atoms with Crippen molar-refractivity contribution in [3.8, 4) is 0 Å². The molecule has 10 nitrogen and oxygen atoms in total. The van der Waals surface area contributed by atoms with Gasteiger partial charge < -0.3 is 29.6 Å². The van der Waals surface area contributed by atoms with Crippen LogP contribution in [0.15, 0.2) is 61.0 Å². The Morgan fingerprint density at radius 1 is 1.18 bits per heavy atom. The van der Waals surface area contributed by atoms with E-state index >= 15 is 0 Å². The highest BCUT2D eigenvalue weighted by Gasteiger charge is 2.23. The number of aromatic nitrogens is 4. The first-order valence-electron chi connectivity index (χ1n) is 12.4. The largest absolute Gasteiger partial charge is 0.469 e. The van der Waals surface area contributed by atoms with E-state index in [0.717, 1.165) is 16.9 Å². The van der Waals surface area contributed by atoms with Crippen LogP contribution in [-0.2, 0) is 27.4 Å². The summed E-state index contributed by atoms with van der Waals surface area (Å²) in [5.41, 5.74) is 4.53. The Morgan fingerprint density at radius 3 is 2.82 bits per heavy atom. The Morgan fingerprint density at radius 2 is 2.03 bits per heavy atom. The fourth-order valence-corrected chi connectivity index (χ4v) is 4.39. The number of carbonyl (C=O) groups is 2. The number of fused-ring (bicyclic) bond motifs is 2. The summed E-state index contributed by atoms with van der Waals surface area (Å²) in [4.78, 5) is 33.7. The lowest BCUT2D eigenvalue weighted by atomic mass is 10.1. The molecule has 196 valence electrons. The topological polar surface area (TPSA) is 126 Å². The highest BCUT2D eigenvalue weighted by Crippen LogP contribution is 2.39. The molecule has 4 aromatic heterocycles. The number of carbonyl (C=O) groups excluding carboxylic acids is 2. The number of hydrogen-bond donors (Lipinski definition) is 3. The van der Waals surface area contributed by atoms with Crippen LogP contribution in [0.25, 0.3) is 11.2 Å². The molecule has 3 N–H and O–H groups in total. The summed E-state index contributed by atoms with van der Waals surface area (Å²) in [6, 6.07) is 7.67. The van der Waals surface area contributed by atoms with Crippen LogP contribution in [0.2, 0.25) is 5.02 Å². The average Bonchev–Trinajstić information content (AvgIpc) is 3.57. The minimum absolute atomic E-state index is 0.000100. The number of imidazole rings is 2. The molecule has 1 amide bonds. The second-order valence-corrected chi connectivity index (χ2v) is 9.68. The Kier molecular flexibility index (Phi) is 7.41. The van der Waals surface area contributed by atoms with Crippen molar-refractivity contribution in [2.45, 2.75) is 44.7 Å². The molecule has 0 saturated heterocycles. The summed E-state index contributed by atoms with van der Waals surface area (Å²) in [6.45, 7) is 0.513. The maximum absolute atomic E-state index is 13.1. The third kappa shape index (κ3) is 5.86. The Labute approximate surface area is 224 Å². The van der Waals surface area contributed by atoms with Crippen LogP contribution in [0.5, 0.6) is 0 Å². The fourth-order valence-electron chi connectivity index (χ4n) is 4.23. The van der Waals surface area contributed by atoms with Gasteiger partial charge in [0.25, 0.3) is 5.91 Å². The average molecular weight is 534 g/mol. The number of pyridine rings is 2. The molecule has 1 fully saturated rings. The number of hydrogen-bond acceptors (Lipinski definition) is 7. The number of ether oxygens (including phenoxy) is 1. The normalized spacial score (nSPS) is 13.6. The van der Waals surface area contributed by atoms with E-state index in [-0.39, 0.29) is 30.7 Å². The van der Waals surface area contributed by atoms with Crippen LogP contribution in [-0.4, -0.2) is 43.5 Å². The first-order chi connectivity index (χ1) is 18.4. The second-order valence-electron chi connectivity index (χ2n) is 9.24. The van der Waals surface area contributed by atoms with Gasteiger partial charge in [0.15, 0.2) is 0 Å². The molecule has 0 unspecified atom stereocenters. The zero-order valence-electron chi connectivity index (χ0n) is 20.9. The molecule has 0 aromatic carbocycles. The van der Waals surface area contributed by atoms with Gasteiger partial charge in [0.05, 0.1) is 55.4 Å². The maximum atomic E-state index is 13.1. The maximum Gasteiger partial charge on any atom is 0.305 e. The van der Waals surface area contributed by atoms with Crippen LogP contribution in [0.1, 0.15) is 48.6 Å². The summed E-state index contributed by atoms with van der Waals surface area (Å²) >= 11 is 6.11. The number of rotatable bonds is 11. The molecule has 0 aliphatic heterocycles. The van der Waals surface area contributed by atoms with Crippen LogP contribution in [0.3, 0.4) is 0 Å². The molecule has 1 saturated carbocycles. The van der Waals surface area contributed by atoms with E-state index in [0.29, 0.717) is 23.2 Å².